The summed E-state index contributed by atoms with van der Waals surface area (Å²) < 4.78 is 5.20. The second kappa shape index (κ2) is 7.80. The van der Waals surface area contributed by atoms with Crippen LogP contribution in [-0.2, 0) is 6.54 Å². The number of rotatable bonds is 4. The van der Waals surface area contributed by atoms with Crippen LogP contribution in [0.3, 0.4) is 0 Å². The Hall–Kier alpha value is -1.86. The summed E-state index contributed by atoms with van der Waals surface area (Å²) in [6.45, 7) is 5.78. The summed E-state index contributed by atoms with van der Waals surface area (Å²) in [6.07, 6.45) is 4.00. The number of carbonyl (C=O) groups is 1. The number of hydrogen-bond acceptors (Lipinski definition) is 5. The summed E-state index contributed by atoms with van der Waals surface area (Å²) in [6, 6.07) is 6.60. The van der Waals surface area contributed by atoms with Crippen LogP contribution in [0.25, 0.3) is 0 Å². The molecule has 6 nitrogen and oxygen atoms in total. The van der Waals surface area contributed by atoms with Gasteiger partial charge in [0.05, 0.1) is 6.04 Å². The van der Waals surface area contributed by atoms with Crippen molar-refractivity contribution in [3.63, 3.8) is 0 Å². The van der Waals surface area contributed by atoms with Crippen LogP contribution in [0.4, 0.5) is 4.79 Å². The highest BCUT2D eigenvalue weighted by atomic mass is 32.1. The van der Waals surface area contributed by atoms with Gasteiger partial charge in [-0.2, -0.15) is 0 Å². The van der Waals surface area contributed by atoms with E-state index in [1.807, 2.05) is 29.2 Å². The van der Waals surface area contributed by atoms with Gasteiger partial charge in [-0.3, -0.25) is 4.90 Å². The Balaban J connectivity index is 1.28. The van der Waals surface area contributed by atoms with Gasteiger partial charge >= 0.3 is 6.03 Å². The zero-order valence-corrected chi connectivity index (χ0v) is 16.0. The van der Waals surface area contributed by atoms with Crippen molar-refractivity contribution in [2.24, 2.45) is 0 Å². The molecule has 2 aromatic heterocycles. The quantitative estimate of drug-likeness (QED) is 0.889. The van der Waals surface area contributed by atoms with Crippen LogP contribution in [0.2, 0.25) is 0 Å². The molecule has 2 aliphatic heterocycles. The molecule has 0 aromatic carbocycles. The van der Waals surface area contributed by atoms with Crippen molar-refractivity contribution in [2.45, 2.75) is 51.2 Å². The van der Waals surface area contributed by atoms with Gasteiger partial charge in [0, 0.05) is 43.2 Å². The Morgan fingerprint density at radius 3 is 2.88 bits per heavy atom. The average molecular weight is 375 g/mol. The number of hydrogen-bond donors (Lipinski definition) is 1. The third-order valence-corrected chi connectivity index (χ3v) is 6.24. The minimum absolute atomic E-state index is 0.0462. The number of urea groups is 1. The first kappa shape index (κ1) is 17.5. The zero-order valence-electron chi connectivity index (χ0n) is 15.2. The van der Waals surface area contributed by atoms with Crippen molar-refractivity contribution in [2.75, 3.05) is 19.6 Å². The lowest BCUT2D eigenvalue weighted by molar-refractivity contribution is 0.165. The monoisotopic (exact) mass is 374 g/mol. The van der Waals surface area contributed by atoms with Crippen LogP contribution in [0, 0.1) is 6.92 Å². The topological polar surface area (TPSA) is 61.6 Å². The lowest BCUT2D eigenvalue weighted by Crippen LogP contribution is -2.48. The van der Waals surface area contributed by atoms with Gasteiger partial charge < -0.3 is 14.7 Å². The number of nitrogens with zero attached hydrogens (tertiary/aromatic N) is 3. The standard InChI is InChI=1S/C19H26N4O2S/c1-14-12-17(21-25-14)18-5-2-8-23(18)19(24)20-15-6-9-22(10-7-15)13-16-4-3-11-26-16/h3-4,11-12,15,18H,2,5-10,13H2,1H3,(H,20,24). The van der Waals surface area contributed by atoms with Gasteiger partial charge in [0.1, 0.15) is 11.5 Å². The number of amides is 2. The van der Waals surface area contributed by atoms with Gasteiger partial charge in [-0.15, -0.1) is 11.3 Å². The van der Waals surface area contributed by atoms with Gasteiger partial charge in [0.2, 0.25) is 0 Å². The molecule has 1 atom stereocenters. The molecule has 2 fully saturated rings. The summed E-state index contributed by atoms with van der Waals surface area (Å²) in [5, 5.41) is 9.50. The third kappa shape index (κ3) is 3.94. The molecule has 0 bridgehead atoms. The van der Waals surface area contributed by atoms with E-state index in [0.717, 1.165) is 63.3 Å². The van der Waals surface area contributed by atoms with E-state index in [4.69, 9.17) is 4.52 Å². The molecule has 0 radical (unpaired) electrons. The van der Waals surface area contributed by atoms with Gasteiger partial charge in [-0.05, 0) is 44.1 Å². The molecule has 2 amide bonds. The molecule has 2 aliphatic rings. The first-order valence-corrected chi connectivity index (χ1v) is 10.3. The number of carbonyl (C=O) groups excluding carboxylic acids is 1. The molecule has 4 heterocycles. The van der Waals surface area contributed by atoms with Crippen molar-refractivity contribution in [3.8, 4) is 0 Å². The highest BCUT2D eigenvalue weighted by Crippen LogP contribution is 2.31. The first-order chi connectivity index (χ1) is 12.7. The predicted molar refractivity (Wildman–Crippen MR) is 101 cm³/mol. The molecule has 2 saturated heterocycles. The summed E-state index contributed by atoms with van der Waals surface area (Å²) in [7, 11) is 0. The molecule has 26 heavy (non-hydrogen) atoms. The summed E-state index contributed by atoms with van der Waals surface area (Å²) in [4.78, 5) is 18.6. The number of nitrogens with one attached hydrogen (secondary N) is 1. The van der Waals surface area contributed by atoms with Gasteiger partial charge in [-0.25, -0.2) is 4.79 Å². The van der Waals surface area contributed by atoms with Gasteiger partial charge in [0.25, 0.3) is 0 Å². The minimum atomic E-state index is 0.0462. The SMILES string of the molecule is Cc1cc(C2CCCN2C(=O)NC2CCN(Cc3cccs3)CC2)no1. The second-order valence-corrected chi connectivity index (χ2v) is 8.33. The molecule has 0 aliphatic carbocycles. The van der Waals surface area contributed by atoms with Crippen LogP contribution in [0.5, 0.6) is 0 Å². The Morgan fingerprint density at radius 2 is 2.19 bits per heavy atom. The number of aromatic nitrogens is 1. The van der Waals surface area contributed by atoms with E-state index in [-0.39, 0.29) is 18.1 Å². The fraction of sp³-hybridized carbons (Fsp3) is 0.579. The van der Waals surface area contributed by atoms with E-state index in [1.54, 1.807) is 0 Å². The lowest BCUT2D eigenvalue weighted by Gasteiger charge is -2.33. The van der Waals surface area contributed by atoms with E-state index in [2.05, 4.69) is 32.9 Å². The highest BCUT2D eigenvalue weighted by molar-refractivity contribution is 7.09. The molecule has 1 unspecified atom stereocenters. The maximum Gasteiger partial charge on any atom is 0.318 e. The molecule has 1 N–H and O–H groups in total. The number of thiophene rings is 1. The largest absolute Gasteiger partial charge is 0.361 e. The second-order valence-electron chi connectivity index (χ2n) is 7.29. The normalized spacial score (nSPS) is 22.0. The van der Waals surface area contributed by atoms with E-state index in [1.165, 1.54) is 4.88 Å². The van der Waals surface area contributed by atoms with E-state index in [0.29, 0.717) is 0 Å². The zero-order chi connectivity index (χ0) is 17.9. The number of piperidine rings is 1. The Morgan fingerprint density at radius 1 is 1.35 bits per heavy atom. The van der Waals surface area contributed by atoms with Crippen molar-refractivity contribution < 1.29 is 9.32 Å². The van der Waals surface area contributed by atoms with Crippen molar-refractivity contribution in [3.05, 3.63) is 39.9 Å². The third-order valence-electron chi connectivity index (χ3n) is 5.38. The molecule has 2 aromatic rings. The van der Waals surface area contributed by atoms with E-state index in [9.17, 15) is 4.79 Å². The van der Waals surface area contributed by atoms with Crippen molar-refractivity contribution >= 4 is 17.4 Å². The van der Waals surface area contributed by atoms with Crippen molar-refractivity contribution in [1.82, 2.24) is 20.3 Å². The Kier molecular flexibility index (Phi) is 5.26. The molecule has 4 rings (SSSR count). The van der Waals surface area contributed by atoms with Gasteiger partial charge in [0.15, 0.2) is 0 Å². The molecule has 0 spiro atoms. The van der Waals surface area contributed by atoms with E-state index < -0.39 is 0 Å². The highest BCUT2D eigenvalue weighted by Gasteiger charge is 2.33. The van der Waals surface area contributed by atoms with Crippen LogP contribution in [-0.4, -0.2) is 46.7 Å². The fourth-order valence-corrected chi connectivity index (χ4v) is 4.72. The first-order valence-electron chi connectivity index (χ1n) is 9.44. The average Bonchev–Trinajstić information content (AvgIpc) is 3.37. The molecular weight excluding hydrogens is 348 g/mol. The predicted octanol–water partition coefficient (Wildman–Crippen LogP) is 3.56. The lowest BCUT2D eigenvalue weighted by atomic mass is 10.1. The van der Waals surface area contributed by atoms with Gasteiger partial charge in [-0.1, -0.05) is 11.2 Å². The van der Waals surface area contributed by atoms with Crippen LogP contribution < -0.4 is 5.32 Å². The maximum absolute atomic E-state index is 12.8. The van der Waals surface area contributed by atoms with Crippen LogP contribution in [0.15, 0.2) is 28.1 Å². The Labute approximate surface area is 158 Å². The summed E-state index contributed by atoms with van der Waals surface area (Å²) in [5.74, 6) is 0.797. The number of likely N-dealkylation sites (tertiary alicyclic amines) is 2. The molecule has 7 heteroatoms. The van der Waals surface area contributed by atoms with Crippen molar-refractivity contribution in [1.29, 1.82) is 0 Å². The minimum Gasteiger partial charge on any atom is -0.361 e. The smallest absolute Gasteiger partial charge is 0.318 e. The maximum atomic E-state index is 12.8. The summed E-state index contributed by atoms with van der Waals surface area (Å²) >= 11 is 1.81. The summed E-state index contributed by atoms with van der Waals surface area (Å²) in [5.41, 5.74) is 0.876. The Bertz CT molecular complexity index is 722. The number of aryl methyl sites for hydroxylation is 1. The molecular formula is C19H26N4O2S. The van der Waals surface area contributed by atoms with E-state index >= 15 is 0 Å². The molecule has 0 saturated carbocycles. The molecule has 140 valence electrons. The fourth-order valence-electron chi connectivity index (χ4n) is 3.98. The van der Waals surface area contributed by atoms with Crippen LogP contribution >= 0.6 is 11.3 Å². The van der Waals surface area contributed by atoms with Crippen LogP contribution in [0.1, 0.15) is 48.1 Å².